The van der Waals surface area contributed by atoms with Gasteiger partial charge in [0.15, 0.2) is 0 Å². The van der Waals surface area contributed by atoms with Crippen LogP contribution in [0.2, 0.25) is 0 Å². The van der Waals surface area contributed by atoms with Crippen molar-refractivity contribution in [1.82, 2.24) is 14.9 Å². The summed E-state index contributed by atoms with van der Waals surface area (Å²) in [6.45, 7) is 0. The van der Waals surface area contributed by atoms with Crippen LogP contribution in [0.1, 0.15) is 57.4 Å². The first-order valence-electron chi connectivity index (χ1n) is 11.7. The molecule has 1 heterocycles. The largest absolute Gasteiger partial charge is 0.496 e. The molecule has 3 aromatic rings. The number of hydrogen-bond donors (Lipinski definition) is 1. The number of nitrogens with one attached hydrogen (secondary N) is 1. The molecule has 2 aliphatic carbocycles. The van der Waals surface area contributed by atoms with Crippen molar-refractivity contribution in [3.8, 4) is 17.1 Å². The molecule has 1 aromatic heterocycles. The number of amides is 1. The zero-order valence-electron chi connectivity index (χ0n) is 18.2. The van der Waals surface area contributed by atoms with E-state index < -0.39 is 0 Å². The highest BCUT2D eigenvalue weighted by Crippen LogP contribution is 2.41. The molecular formula is C26H31N3O2. The number of methoxy groups -OCH3 is 1. The lowest BCUT2D eigenvalue weighted by Gasteiger charge is -2.28. The molecule has 2 aliphatic rings. The monoisotopic (exact) mass is 417 g/mol. The maximum absolute atomic E-state index is 13.8. The van der Waals surface area contributed by atoms with Gasteiger partial charge in [0.1, 0.15) is 17.6 Å². The summed E-state index contributed by atoms with van der Waals surface area (Å²) in [6.07, 6.45) is 9.14. The first-order chi connectivity index (χ1) is 15.3. The van der Waals surface area contributed by atoms with Gasteiger partial charge in [0.2, 0.25) is 5.91 Å². The topological polar surface area (TPSA) is 56.2 Å². The van der Waals surface area contributed by atoms with Gasteiger partial charge in [-0.1, -0.05) is 49.9 Å². The Balaban J connectivity index is 1.66. The molecule has 0 bridgehead atoms. The van der Waals surface area contributed by atoms with Crippen molar-refractivity contribution < 1.29 is 9.53 Å². The Morgan fingerprint density at radius 2 is 1.68 bits per heavy atom. The Morgan fingerprint density at radius 3 is 2.45 bits per heavy atom. The van der Waals surface area contributed by atoms with Gasteiger partial charge >= 0.3 is 0 Å². The van der Waals surface area contributed by atoms with Gasteiger partial charge in [0.25, 0.3) is 0 Å². The summed E-state index contributed by atoms with van der Waals surface area (Å²) >= 11 is 0. The Morgan fingerprint density at radius 1 is 1.00 bits per heavy atom. The predicted octanol–water partition coefficient (Wildman–Crippen LogP) is 5.50. The maximum Gasteiger partial charge on any atom is 0.243 e. The molecule has 1 N–H and O–H groups in total. The SMILES string of the molecule is COc1ccccc1-c1nc2ccccc2n1C(C(=O)NC1CCCC1)C1CCCC1. The number of imidazole rings is 1. The van der Waals surface area contributed by atoms with Gasteiger partial charge in [-0.25, -0.2) is 4.98 Å². The van der Waals surface area contributed by atoms with Crippen molar-refractivity contribution in [2.45, 2.75) is 63.5 Å². The van der Waals surface area contributed by atoms with E-state index in [-0.39, 0.29) is 11.9 Å². The van der Waals surface area contributed by atoms with Gasteiger partial charge in [-0.2, -0.15) is 0 Å². The van der Waals surface area contributed by atoms with Gasteiger partial charge in [-0.05, 0) is 55.9 Å². The molecule has 0 aliphatic heterocycles. The number of aromatic nitrogens is 2. The molecule has 1 atom stereocenters. The summed E-state index contributed by atoms with van der Waals surface area (Å²) in [5.41, 5.74) is 2.86. The molecule has 1 amide bonds. The van der Waals surface area contributed by atoms with Gasteiger partial charge in [-0.15, -0.1) is 0 Å². The fourth-order valence-corrected chi connectivity index (χ4v) is 5.52. The number of benzene rings is 2. The van der Waals surface area contributed by atoms with Crippen LogP contribution in [0.15, 0.2) is 48.5 Å². The Labute approximate surface area is 183 Å². The van der Waals surface area contributed by atoms with E-state index in [9.17, 15) is 4.79 Å². The summed E-state index contributed by atoms with van der Waals surface area (Å²) in [7, 11) is 1.69. The predicted molar refractivity (Wildman–Crippen MR) is 123 cm³/mol. The quantitative estimate of drug-likeness (QED) is 0.576. The van der Waals surface area contributed by atoms with Crippen LogP contribution in [0.3, 0.4) is 0 Å². The smallest absolute Gasteiger partial charge is 0.243 e. The Kier molecular flexibility index (Phi) is 5.66. The summed E-state index contributed by atoms with van der Waals surface area (Å²) in [6, 6.07) is 16.2. The molecule has 0 saturated heterocycles. The van der Waals surface area contributed by atoms with Crippen LogP contribution in [-0.4, -0.2) is 28.6 Å². The van der Waals surface area contributed by atoms with Gasteiger partial charge in [-0.3, -0.25) is 4.79 Å². The molecule has 5 rings (SSSR count). The molecule has 162 valence electrons. The molecule has 5 nitrogen and oxygen atoms in total. The summed E-state index contributed by atoms with van der Waals surface area (Å²) in [5.74, 6) is 2.07. The first-order valence-corrected chi connectivity index (χ1v) is 11.7. The van der Waals surface area contributed by atoms with E-state index in [1.807, 2.05) is 42.5 Å². The van der Waals surface area contributed by atoms with E-state index in [0.717, 1.165) is 53.9 Å². The van der Waals surface area contributed by atoms with Crippen LogP contribution in [0, 0.1) is 5.92 Å². The van der Waals surface area contributed by atoms with E-state index in [1.165, 1.54) is 25.7 Å². The van der Waals surface area contributed by atoms with Crippen molar-refractivity contribution in [1.29, 1.82) is 0 Å². The second kappa shape index (κ2) is 8.74. The van der Waals surface area contributed by atoms with Crippen LogP contribution in [-0.2, 0) is 4.79 Å². The number of para-hydroxylation sites is 3. The zero-order chi connectivity index (χ0) is 21.2. The van der Waals surface area contributed by atoms with Crippen molar-refractivity contribution >= 4 is 16.9 Å². The third-order valence-electron chi connectivity index (χ3n) is 7.04. The van der Waals surface area contributed by atoms with E-state index >= 15 is 0 Å². The molecule has 0 radical (unpaired) electrons. The summed E-state index contributed by atoms with van der Waals surface area (Å²) < 4.78 is 7.87. The third-order valence-corrected chi connectivity index (χ3v) is 7.04. The van der Waals surface area contributed by atoms with Crippen LogP contribution >= 0.6 is 0 Å². The maximum atomic E-state index is 13.8. The minimum absolute atomic E-state index is 0.151. The first kappa shape index (κ1) is 20.1. The van der Waals surface area contributed by atoms with Crippen molar-refractivity contribution in [2.24, 2.45) is 5.92 Å². The van der Waals surface area contributed by atoms with Crippen LogP contribution in [0.25, 0.3) is 22.4 Å². The summed E-state index contributed by atoms with van der Waals surface area (Å²) in [5, 5.41) is 3.40. The molecule has 1 unspecified atom stereocenters. The lowest BCUT2D eigenvalue weighted by Crippen LogP contribution is -2.41. The van der Waals surface area contributed by atoms with E-state index in [0.29, 0.717) is 12.0 Å². The minimum Gasteiger partial charge on any atom is -0.496 e. The second-order valence-corrected chi connectivity index (χ2v) is 8.97. The third kappa shape index (κ3) is 3.82. The standard InChI is InChI=1S/C26H31N3O2/c1-31-23-17-9-6-14-20(23)25-28-21-15-7-8-16-22(21)29(25)24(18-10-2-3-11-18)26(30)27-19-12-4-5-13-19/h6-9,14-19,24H,2-5,10-13H2,1H3,(H,27,30). The minimum atomic E-state index is -0.254. The van der Waals surface area contributed by atoms with E-state index in [4.69, 9.17) is 9.72 Å². The number of fused-ring (bicyclic) bond motifs is 1. The van der Waals surface area contributed by atoms with E-state index in [2.05, 4.69) is 16.0 Å². The summed E-state index contributed by atoms with van der Waals surface area (Å²) in [4.78, 5) is 18.8. The van der Waals surface area contributed by atoms with Gasteiger partial charge in [0.05, 0.1) is 23.7 Å². The zero-order valence-corrected chi connectivity index (χ0v) is 18.2. The van der Waals surface area contributed by atoms with Gasteiger partial charge in [0, 0.05) is 6.04 Å². The molecular weight excluding hydrogens is 386 g/mol. The lowest BCUT2D eigenvalue weighted by molar-refractivity contribution is -0.126. The fraction of sp³-hybridized carbons (Fsp3) is 0.462. The highest BCUT2D eigenvalue weighted by atomic mass is 16.5. The number of ether oxygens (including phenoxy) is 1. The molecule has 2 saturated carbocycles. The average molecular weight is 418 g/mol. The average Bonchev–Trinajstić information content (AvgIpc) is 3.56. The van der Waals surface area contributed by atoms with Crippen LogP contribution in [0.5, 0.6) is 5.75 Å². The van der Waals surface area contributed by atoms with Crippen molar-refractivity contribution in [2.75, 3.05) is 7.11 Å². The number of carbonyl (C=O) groups is 1. The van der Waals surface area contributed by atoms with Crippen molar-refractivity contribution in [3.63, 3.8) is 0 Å². The lowest BCUT2D eigenvalue weighted by atomic mass is 9.95. The van der Waals surface area contributed by atoms with Crippen LogP contribution in [0.4, 0.5) is 0 Å². The Bertz CT molecular complexity index is 1060. The number of hydrogen-bond acceptors (Lipinski definition) is 3. The molecule has 2 fully saturated rings. The molecule has 5 heteroatoms. The Hall–Kier alpha value is -2.82. The van der Waals surface area contributed by atoms with Crippen LogP contribution < -0.4 is 10.1 Å². The molecule has 2 aromatic carbocycles. The van der Waals surface area contributed by atoms with Gasteiger partial charge < -0.3 is 14.6 Å². The highest BCUT2D eigenvalue weighted by molar-refractivity contribution is 5.88. The normalized spacial score (nSPS) is 18.5. The number of rotatable bonds is 6. The molecule has 0 spiro atoms. The molecule has 31 heavy (non-hydrogen) atoms. The highest BCUT2D eigenvalue weighted by Gasteiger charge is 2.36. The van der Waals surface area contributed by atoms with Crippen molar-refractivity contribution in [3.05, 3.63) is 48.5 Å². The van der Waals surface area contributed by atoms with E-state index in [1.54, 1.807) is 7.11 Å². The fourth-order valence-electron chi connectivity index (χ4n) is 5.52. The number of nitrogens with zero attached hydrogens (tertiary/aromatic N) is 2. The number of carbonyl (C=O) groups excluding carboxylic acids is 1. The second-order valence-electron chi connectivity index (χ2n) is 8.97.